The third kappa shape index (κ3) is 2.86. The molecule has 7 heteroatoms. The molecule has 2 aliphatic heterocycles. The molecule has 7 nitrogen and oxygen atoms in total. The maximum Gasteiger partial charge on any atom is 0.157 e. The minimum Gasteiger partial charge on any atom is -0.483 e. The summed E-state index contributed by atoms with van der Waals surface area (Å²) in [5.74, 6) is 0.750. The van der Waals surface area contributed by atoms with Crippen molar-refractivity contribution in [3.63, 3.8) is 0 Å². The topological polar surface area (TPSA) is 77.0 Å². The van der Waals surface area contributed by atoms with E-state index in [-0.39, 0.29) is 12.1 Å². The van der Waals surface area contributed by atoms with Crippen LogP contribution in [0.15, 0.2) is 18.5 Å². The van der Waals surface area contributed by atoms with Crippen molar-refractivity contribution in [1.29, 1.82) is 0 Å². The van der Waals surface area contributed by atoms with E-state index in [1.165, 1.54) is 18.5 Å². The molecule has 118 valence electrons. The molecule has 0 spiro atoms. The van der Waals surface area contributed by atoms with Crippen molar-refractivity contribution < 1.29 is 9.47 Å². The predicted octanol–water partition coefficient (Wildman–Crippen LogP) is 0.878. The number of H-pyrrole nitrogens is 1. The van der Waals surface area contributed by atoms with Crippen LogP contribution in [0.2, 0.25) is 0 Å². The zero-order chi connectivity index (χ0) is 14.8. The molecule has 2 aromatic heterocycles. The van der Waals surface area contributed by atoms with E-state index in [2.05, 4.69) is 31.4 Å². The standard InChI is InChI=1S/C15H21N5O2/c1-2-4-20-12(3-1)5-11(19-20)6-16-14-9-21-10-15(14)22-13-7-17-18-8-13/h5,7-8,14-16H,1-4,6,9-10H2,(H,17,18)/t14-,15+/m0/s1. The Kier molecular flexibility index (Phi) is 3.82. The summed E-state index contributed by atoms with van der Waals surface area (Å²) in [7, 11) is 0. The fraction of sp³-hybridized carbons (Fsp3) is 0.600. The Morgan fingerprint density at radius 2 is 2.41 bits per heavy atom. The van der Waals surface area contributed by atoms with E-state index >= 15 is 0 Å². The van der Waals surface area contributed by atoms with Crippen molar-refractivity contribution in [1.82, 2.24) is 25.3 Å². The minimum atomic E-state index is 0.00911. The highest BCUT2D eigenvalue weighted by Crippen LogP contribution is 2.17. The van der Waals surface area contributed by atoms with E-state index < -0.39 is 0 Å². The first kappa shape index (κ1) is 13.8. The summed E-state index contributed by atoms with van der Waals surface area (Å²) in [5.41, 5.74) is 2.46. The number of aromatic amines is 1. The molecular weight excluding hydrogens is 282 g/mol. The van der Waals surface area contributed by atoms with Gasteiger partial charge in [0.25, 0.3) is 0 Å². The largest absolute Gasteiger partial charge is 0.483 e. The number of nitrogens with one attached hydrogen (secondary N) is 2. The number of aromatic nitrogens is 4. The summed E-state index contributed by atoms with van der Waals surface area (Å²) in [6.45, 7) is 3.06. The zero-order valence-electron chi connectivity index (χ0n) is 12.5. The Morgan fingerprint density at radius 1 is 1.41 bits per heavy atom. The van der Waals surface area contributed by atoms with Gasteiger partial charge in [-0.1, -0.05) is 0 Å². The maximum atomic E-state index is 5.89. The van der Waals surface area contributed by atoms with Crippen molar-refractivity contribution in [3.05, 3.63) is 29.8 Å². The molecular formula is C15H21N5O2. The first-order valence-corrected chi connectivity index (χ1v) is 7.90. The molecule has 22 heavy (non-hydrogen) atoms. The van der Waals surface area contributed by atoms with Crippen molar-refractivity contribution in [3.8, 4) is 5.75 Å². The summed E-state index contributed by atoms with van der Waals surface area (Å²) in [4.78, 5) is 0. The monoisotopic (exact) mass is 303 g/mol. The molecule has 0 saturated carbocycles. The van der Waals surface area contributed by atoms with Crippen molar-refractivity contribution >= 4 is 0 Å². The average Bonchev–Trinajstić information content (AvgIpc) is 3.26. The normalized spacial score (nSPS) is 24.4. The van der Waals surface area contributed by atoms with Gasteiger partial charge in [0.15, 0.2) is 5.75 Å². The Bertz CT molecular complexity index is 586. The van der Waals surface area contributed by atoms with Gasteiger partial charge < -0.3 is 14.8 Å². The zero-order valence-corrected chi connectivity index (χ0v) is 12.5. The smallest absolute Gasteiger partial charge is 0.157 e. The lowest BCUT2D eigenvalue weighted by atomic mass is 10.1. The number of rotatable bonds is 5. The van der Waals surface area contributed by atoms with Gasteiger partial charge in [-0.3, -0.25) is 9.78 Å². The van der Waals surface area contributed by atoms with Crippen molar-refractivity contribution in [2.45, 2.75) is 44.5 Å². The lowest BCUT2D eigenvalue weighted by Gasteiger charge is -2.19. The molecule has 2 atom stereocenters. The van der Waals surface area contributed by atoms with Crippen LogP contribution in [0.25, 0.3) is 0 Å². The molecule has 0 unspecified atom stereocenters. The van der Waals surface area contributed by atoms with Gasteiger partial charge in [0, 0.05) is 18.8 Å². The first-order chi connectivity index (χ1) is 10.9. The molecule has 0 amide bonds. The van der Waals surface area contributed by atoms with Gasteiger partial charge >= 0.3 is 0 Å². The first-order valence-electron chi connectivity index (χ1n) is 7.90. The molecule has 2 aliphatic rings. The maximum absolute atomic E-state index is 5.89. The van der Waals surface area contributed by atoms with Gasteiger partial charge in [0.2, 0.25) is 0 Å². The highest BCUT2D eigenvalue weighted by molar-refractivity contribution is 5.13. The van der Waals surface area contributed by atoms with E-state index in [9.17, 15) is 0 Å². The van der Waals surface area contributed by atoms with Crippen LogP contribution in [0, 0.1) is 0 Å². The van der Waals surface area contributed by atoms with Crippen LogP contribution < -0.4 is 10.1 Å². The number of hydrogen-bond donors (Lipinski definition) is 2. The summed E-state index contributed by atoms with van der Waals surface area (Å²) >= 11 is 0. The van der Waals surface area contributed by atoms with Crippen LogP contribution in [-0.2, 0) is 24.2 Å². The summed E-state index contributed by atoms with van der Waals surface area (Å²) < 4.78 is 13.6. The number of ether oxygens (including phenoxy) is 2. The fourth-order valence-corrected chi connectivity index (χ4v) is 3.12. The molecule has 1 fully saturated rings. The van der Waals surface area contributed by atoms with Crippen LogP contribution in [0.3, 0.4) is 0 Å². The third-order valence-corrected chi connectivity index (χ3v) is 4.30. The second kappa shape index (κ2) is 6.10. The van der Waals surface area contributed by atoms with Crippen LogP contribution in [0.5, 0.6) is 5.75 Å². The number of aryl methyl sites for hydroxylation is 2. The molecule has 2 aromatic rings. The SMILES string of the molecule is c1n[nH]cc1O[C@@H]1COC[C@@H]1NCc1cc2n(n1)CCCC2. The second-order valence-corrected chi connectivity index (χ2v) is 5.92. The number of hydrogen-bond acceptors (Lipinski definition) is 5. The highest BCUT2D eigenvalue weighted by Gasteiger charge is 2.30. The average molecular weight is 303 g/mol. The lowest BCUT2D eigenvalue weighted by Crippen LogP contribution is -2.41. The Labute approximate surface area is 129 Å². The molecule has 2 N–H and O–H groups in total. The van der Waals surface area contributed by atoms with Crippen molar-refractivity contribution in [2.75, 3.05) is 13.2 Å². The Balaban J connectivity index is 1.35. The summed E-state index contributed by atoms with van der Waals surface area (Å²) in [5, 5.41) is 14.8. The van der Waals surface area contributed by atoms with E-state index in [0.717, 1.165) is 31.0 Å². The molecule has 0 bridgehead atoms. The molecule has 0 aliphatic carbocycles. The van der Waals surface area contributed by atoms with Gasteiger partial charge in [-0.15, -0.1) is 0 Å². The molecule has 1 saturated heterocycles. The highest BCUT2D eigenvalue weighted by atomic mass is 16.5. The Morgan fingerprint density at radius 3 is 3.27 bits per heavy atom. The van der Waals surface area contributed by atoms with Crippen molar-refractivity contribution in [2.24, 2.45) is 0 Å². The third-order valence-electron chi connectivity index (χ3n) is 4.30. The van der Waals surface area contributed by atoms with Crippen LogP contribution >= 0.6 is 0 Å². The van der Waals surface area contributed by atoms with Crippen LogP contribution in [0.1, 0.15) is 24.2 Å². The summed E-state index contributed by atoms with van der Waals surface area (Å²) in [6.07, 6.45) is 7.09. The number of nitrogens with zero attached hydrogens (tertiary/aromatic N) is 3. The lowest BCUT2D eigenvalue weighted by molar-refractivity contribution is 0.139. The Hall–Kier alpha value is -1.86. The van der Waals surface area contributed by atoms with E-state index in [4.69, 9.17) is 9.47 Å². The van der Waals surface area contributed by atoms with E-state index in [1.54, 1.807) is 12.4 Å². The molecule has 4 rings (SSSR count). The number of fused-ring (bicyclic) bond motifs is 1. The fourth-order valence-electron chi connectivity index (χ4n) is 3.12. The molecule has 0 radical (unpaired) electrons. The van der Waals surface area contributed by atoms with Crippen LogP contribution in [0.4, 0.5) is 0 Å². The van der Waals surface area contributed by atoms with Gasteiger partial charge in [0.1, 0.15) is 6.10 Å². The van der Waals surface area contributed by atoms with E-state index in [1.807, 2.05) is 0 Å². The van der Waals surface area contributed by atoms with Crippen LogP contribution in [-0.4, -0.2) is 45.3 Å². The molecule has 4 heterocycles. The summed E-state index contributed by atoms with van der Waals surface area (Å²) in [6, 6.07) is 2.39. The minimum absolute atomic E-state index is 0.00911. The van der Waals surface area contributed by atoms with Gasteiger partial charge in [-0.2, -0.15) is 10.2 Å². The second-order valence-electron chi connectivity index (χ2n) is 5.92. The quantitative estimate of drug-likeness (QED) is 0.857. The van der Waals surface area contributed by atoms with Gasteiger partial charge in [0.05, 0.1) is 37.3 Å². The molecule has 0 aromatic carbocycles. The van der Waals surface area contributed by atoms with Gasteiger partial charge in [-0.05, 0) is 25.3 Å². The van der Waals surface area contributed by atoms with Gasteiger partial charge in [-0.25, -0.2) is 0 Å². The predicted molar refractivity (Wildman–Crippen MR) is 79.6 cm³/mol. The van der Waals surface area contributed by atoms with E-state index in [0.29, 0.717) is 13.2 Å².